The van der Waals surface area contributed by atoms with Gasteiger partial charge >= 0.3 is 0 Å². The summed E-state index contributed by atoms with van der Waals surface area (Å²) in [6, 6.07) is 9.74. The van der Waals surface area contributed by atoms with Crippen LogP contribution in [0.3, 0.4) is 0 Å². The highest BCUT2D eigenvalue weighted by molar-refractivity contribution is 7.71. The molecule has 5 nitrogen and oxygen atoms in total. The molecule has 0 spiro atoms. The van der Waals surface area contributed by atoms with Gasteiger partial charge in [0, 0.05) is 24.2 Å². The third kappa shape index (κ3) is 4.14. The Bertz CT molecular complexity index is 1000. The molecule has 134 valence electrons. The summed E-state index contributed by atoms with van der Waals surface area (Å²) in [6.07, 6.45) is 0.108. The van der Waals surface area contributed by atoms with E-state index in [4.69, 9.17) is 23.8 Å². The van der Waals surface area contributed by atoms with Crippen LogP contribution in [-0.2, 0) is 11.3 Å². The number of aromatic nitrogens is 3. The molecule has 2 N–H and O–H groups in total. The fraction of sp³-hybridized carbons (Fsp3) is 0.118. The van der Waals surface area contributed by atoms with E-state index in [2.05, 4.69) is 15.5 Å². The zero-order chi connectivity index (χ0) is 18.7. The first-order chi connectivity index (χ1) is 12.4. The van der Waals surface area contributed by atoms with Crippen LogP contribution in [0.15, 0.2) is 42.5 Å². The first-order valence-electron chi connectivity index (χ1n) is 7.60. The van der Waals surface area contributed by atoms with Gasteiger partial charge in [0.25, 0.3) is 0 Å². The van der Waals surface area contributed by atoms with Crippen LogP contribution in [0.1, 0.15) is 6.42 Å². The van der Waals surface area contributed by atoms with Gasteiger partial charge in [0.05, 0.1) is 5.02 Å². The lowest BCUT2D eigenvalue weighted by atomic mass is 10.2. The molecule has 0 atom stereocenters. The summed E-state index contributed by atoms with van der Waals surface area (Å²) in [5.74, 6) is -0.696. The Morgan fingerprint density at radius 2 is 1.96 bits per heavy atom. The summed E-state index contributed by atoms with van der Waals surface area (Å²) < 4.78 is 28.2. The molecule has 1 heterocycles. The molecule has 0 aliphatic rings. The largest absolute Gasteiger partial charge is 0.326 e. The summed E-state index contributed by atoms with van der Waals surface area (Å²) in [6.45, 7) is 0.267. The smallest absolute Gasteiger partial charge is 0.226 e. The average Bonchev–Trinajstić information content (AvgIpc) is 2.98. The first kappa shape index (κ1) is 18.2. The highest BCUT2D eigenvalue weighted by atomic mass is 35.5. The van der Waals surface area contributed by atoms with E-state index < -0.39 is 5.82 Å². The van der Waals surface area contributed by atoms with E-state index in [1.54, 1.807) is 16.7 Å². The van der Waals surface area contributed by atoms with E-state index in [-0.39, 0.29) is 29.7 Å². The number of nitrogens with zero attached hydrogens (tertiary/aromatic N) is 2. The van der Waals surface area contributed by atoms with Gasteiger partial charge in [-0.2, -0.15) is 5.10 Å². The number of amides is 1. The van der Waals surface area contributed by atoms with Crippen molar-refractivity contribution >= 4 is 35.4 Å². The molecule has 0 saturated carbocycles. The van der Waals surface area contributed by atoms with Crippen molar-refractivity contribution in [3.8, 4) is 11.4 Å². The lowest BCUT2D eigenvalue weighted by Crippen LogP contribution is -2.15. The zero-order valence-corrected chi connectivity index (χ0v) is 14.9. The van der Waals surface area contributed by atoms with Crippen LogP contribution in [-0.4, -0.2) is 20.7 Å². The highest BCUT2D eigenvalue weighted by Crippen LogP contribution is 2.20. The number of halogens is 3. The molecular weight excluding hydrogens is 382 g/mol. The lowest BCUT2D eigenvalue weighted by molar-refractivity contribution is -0.116. The molecule has 26 heavy (non-hydrogen) atoms. The number of rotatable bonds is 5. The van der Waals surface area contributed by atoms with Crippen molar-refractivity contribution in [2.75, 3.05) is 5.32 Å². The van der Waals surface area contributed by atoms with Crippen LogP contribution in [0.4, 0.5) is 14.5 Å². The van der Waals surface area contributed by atoms with Crippen molar-refractivity contribution in [1.29, 1.82) is 0 Å². The number of carbonyl (C=O) groups excluding carboxylic acids is 1. The van der Waals surface area contributed by atoms with Crippen LogP contribution in [0, 0.1) is 16.4 Å². The zero-order valence-electron chi connectivity index (χ0n) is 13.3. The molecule has 0 radical (unpaired) electrons. The van der Waals surface area contributed by atoms with Gasteiger partial charge in [0.15, 0.2) is 10.6 Å². The molecule has 0 fully saturated rings. The Kier molecular flexibility index (Phi) is 5.43. The SMILES string of the molecule is O=C(CCn1c(-c2ccc(F)cc2)n[nH]c1=S)Nc1ccc(F)c(Cl)c1. The van der Waals surface area contributed by atoms with E-state index in [1.807, 2.05) is 0 Å². The maximum absolute atomic E-state index is 13.2. The van der Waals surface area contributed by atoms with Gasteiger partial charge in [-0.05, 0) is 54.7 Å². The topological polar surface area (TPSA) is 62.7 Å². The Morgan fingerprint density at radius 3 is 2.65 bits per heavy atom. The number of nitrogens with one attached hydrogen (secondary N) is 2. The Morgan fingerprint density at radius 1 is 1.23 bits per heavy atom. The van der Waals surface area contributed by atoms with E-state index in [0.717, 1.165) is 0 Å². The van der Waals surface area contributed by atoms with Crippen LogP contribution in [0.5, 0.6) is 0 Å². The number of H-pyrrole nitrogens is 1. The van der Waals surface area contributed by atoms with Crippen molar-refractivity contribution in [3.05, 3.63) is 63.9 Å². The van der Waals surface area contributed by atoms with Gasteiger partial charge in [0.1, 0.15) is 11.6 Å². The van der Waals surface area contributed by atoms with Crippen molar-refractivity contribution in [1.82, 2.24) is 14.8 Å². The molecule has 0 saturated heterocycles. The van der Waals surface area contributed by atoms with E-state index in [9.17, 15) is 13.6 Å². The highest BCUT2D eigenvalue weighted by Gasteiger charge is 2.11. The van der Waals surface area contributed by atoms with Crippen molar-refractivity contribution < 1.29 is 13.6 Å². The third-order valence-electron chi connectivity index (χ3n) is 3.63. The van der Waals surface area contributed by atoms with Crippen LogP contribution in [0.25, 0.3) is 11.4 Å². The summed E-state index contributed by atoms with van der Waals surface area (Å²) in [5.41, 5.74) is 1.07. The fourth-order valence-electron chi connectivity index (χ4n) is 2.36. The molecular formula is C17H13ClF2N4OS. The fourth-order valence-corrected chi connectivity index (χ4v) is 2.76. The molecule has 1 aromatic heterocycles. The number of benzene rings is 2. The Balaban J connectivity index is 1.70. The second-order valence-corrected chi connectivity index (χ2v) is 6.23. The maximum atomic E-state index is 13.2. The molecule has 0 aliphatic carbocycles. The molecule has 0 unspecified atom stereocenters. The summed E-state index contributed by atoms with van der Waals surface area (Å²) >= 11 is 10.9. The van der Waals surface area contributed by atoms with Crippen LogP contribution < -0.4 is 5.32 Å². The van der Waals surface area contributed by atoms with Gasteiger partial charge in [-0.25, -0.2) is 8.78 Å². The van der Waals surface area contributed by atoms with E-state index in [1.165, 1.54) is 30.3 Å². The number of hydrogen-bond acceptors (Lipinski definition) is 3. The van der Waals surface area contributed by atoms with Crippen molar-refractivity contribution in [2.24, 2.45) is 0 Å². The molecule has 1 amide bonds. The standard InChI is InChI=1S/C17H13ClF2N4OS/c18-13-9-12(5-6-14(13)20)21-15(25)7-8-24-16(22-23-17(24)26)10-1-3-11(19)4-2-10/h1-6,9H,7-8H2,(H,21,25)(H,23,26). The quantitative estimate of drug-likeness (QED) is 0.623. The predicted octanol–water partition coefficient (Wildman–Crippen LogP) is 4.57. The minimum absolute atomic E-state index is 0.0709. The van der Waals surface area contributed by atoms with Crippen LogP contribution in [0.2, 0.25) is 5.02 Å². The number of carbonyl (C=O) groups is 1. The molecule has 3 rings (SSSR count). The van der Waals surface area contributed by atoms with Crippen LogP contribution >= 0.6 is 23.8 Å². The average molecular weight is 395 g/mol. The molecule has 9 heteroatoms. The van der Waals surface area contributed by atoms with E-state index >= 15 is 0 Å². The van der Waals surface area contributed by atoms with E-state index in [0.29, 0.717) is 21.8 Å². The number of anilines is 1. The second kappa shape index (κ2) is 7.76. The monoisotopic (exact) mass is 394 g/mol. The normalized spacial score (nSPS) is 10.7. The summed E-state index contributed by atoms with van der Waals surface area (Å²) in [7, 11) is 0. The minimum Gasteiger partial charge on any atom is -0.326 e. The van der Waals surface area contributed by atoms with Crippen molar-refractivity contribution in [3.63, 3.8) is 0 Å². The number of hydrogen-bond donors (Lipinski definition) is 2. The lowest BCUT2D eigenvalue weighted by Gasteiger charge is -2.08. The van der Waals surface area contributed by atoms with Gasteiger partial charge in [-0.1, -0.05) is 11.6 Å². The van der Waals surface area contributed by atoms with Gasteiger partial charge in [-0.15, -0.1) is 0 Å². The van der Waals surface area contributed by atoms with Gasteiger partial charge in [0.2, 0.25) is 5.91 Å². The Hall–Kier alpha value is -2.58. The Labute approximate surface area is 157 Å². The summed E-state index contributed by atoms with van der Waals surface area (Å²) in [4.78, 5) is 12.1. The third-order valence-corrected chi connectivity index (χ3v) is 4.23. The predicted molar refractivity (Wildman–Crippen MR) is 97.5 cm³/mol. The maximum Gasteiger partial charge on any atom is 0.226 e. The second-order valence-electron chi connectivity index (χ2n) is 5.44. The first-order valence-corrected chi connectivity index (χ1v) is 8.39. The van der Waals surface area contributed by atoms with Crippen molar-refractivity contribution in [2.45, 2.75) is 13.0 Å². The molecule has 0 bridgehead atoms. The molecule has 0 aliphatic heterocycles. The minimum atomic E-state index is -0.557. The van der Waals surface area contributed by atoms with Gasteiger partial charge in [-0.3, -0.25) is 14.5 Å². The molecule has 2 aromatic carbocycles. The molecule has 3 aromatic rings. The number of aromatic amines is 1. The summed E-state index contributed by atoms with van der Waals surface area (Å²) in [5, 5.41) is 9.37. The van der Waals surface area contributed by atoms with Gasteiger partial charge < -0.3 is 5.32 Å².